The van der Waals surface area contributed by atoms with Gasteiger partial charge < -0.3 is 48.0 Å². The van der Waals surface area contributed by atoms with Gasteiger partial charge in [0.15, 0.2) is 0 Å². The molecule has 0 aliphatic heterocycles. The number of benzene rings is 1. The summed E-state index contributed by atoms with van der Waals surface area (Å²) in [4.78, 5) is 0. The SMILES string of the molecule is Clc1ccccc1Cl.[I-].[I-].[Zn+2]. The van der Waals surface area contributed by atoms with Gasteiger partial charge in [-0.3, -0.25) is 0 Å². The van der Waals surface area contributed by atoms with Crippen molar-refractivity contribution in [2.24, 2.45) is 0 Å². The molecule has 58 valence electrons. The number of rotatable bonds is 0. The van der Waals surface area contributed by atoms with Gasteiger partial charge in [-0.15, -0.1) is 0 Å². The Morgan fingerprint density at radius 1 is 0.818 bits per heavy atom. The first-order valence-electron chi connectivity index (χ1n) is 2.21. The molecule has 0 nitrogen and oxygen atoms in total. The molecule has 0 unspecified atom stereocenters. The van der Waals surface area contributed by atoms with Crippen molar-refractivity contribution in [2.45, 2.75) is 0 Å². The third-order valence-corrected chi connectivity index (χ3v) is 1.58. The second-order valence-corrected chi connectivity index (χ2v) is 2.23. The number of hydrogen-bond donors (Lipinski definition) is 0. The molecule has 0 N–H and O–H groups in total. The van der Waals surface area contributed by atoms with Gasteiger partial charge >= 0.3 is 19.5 Å². The van der Waals surface area contributed by atoms with Crippen LogP contribution in [0.1, 0.15) is 0 Å². The zero-order valence-corrected chi connectivity index (χ0v) is 14.3. The molecule has 0 aliphatic carbocycles. The fraction of sp³-hybridized carbons (Fsp3) is 0. The molecule has 5 heteroatoms. The summed E-state index contributed by atoms with van der Waals surface area (Å²) in [5.41, 5.74) is 0. The summed E-state index contributed by atoms with van der Waals surface area (Å²) < 4.78 is 0. The Balaban J connectivity index is -0.000000213. The van der Waals surface area contributed by atoms with E-state index in [9.17, 15) is 0 Å². The van der Waals surface area contributed by atoms with Gasteiger partial charge in [0.1, 0.15) is 0 Å². The zero-order chi connectivity index (χ0) is 5.98. The maximum Gasteiger partial charge on any atom is 2.00 e. The summed E-state index contributed by atoms with van der Waals surface area (Å²) >= 11 is 11.2. The fourth-order valence-electron chi connectivity index (χ4n) is 0.439. The molecule has 1 aromatic carbocycles. The van der Waals surface area contributed by atoms with E-state index in [2.05, 4.69) is 0 Å². The van der Waals surface area contributed by atoms with Gasteiger partial charge in [0.05, 0.1) is 10.0 Å². The summed E-state index contributed by atoms with van der Waals surface area (Å²) in [5.74, 6) is 0. The molecule has 1 rings (SSSR count). The van der Waals surface area contributed by atoms with Crippen LogP contribution in [0.5, 0.6) is 0 Å². The molecule has 0 atom stereocenters. The van der Waals surface area contributed by atoms with E-state index in [1.165, 1.54) is 0 Å². The Labute approximate surface area is 123 Å². The van der Waals surface area contributed by atoms with Gasteiger partial charge in [0.25, 0.3) is 0 Å². The van der Waals surface area contributed by atoms with Crippen molar-refractivity contribution in [3.05, 3.63) is 34.3 Å². The van der Waals surface area contributed by atoms with Crippen LogP contribution in [0.3, 0.4) is 0 Å². The van der Waals surface area contributed by atoms with Crippen molar-refractivity contribution in [3.63, 3.8) is 0 Å². The van der Waals surface area contributed by atoms with Gasteiger partial charge in [0, 0.05) is 0 Å². The topological polar surface area (TPSA) is 0 Å². The van der Waals surface area contributed by atoms with Crippen molar-refractivity contribution >= 4 is 23.2 Å². The Kier molecular flexibility index (Phi) is 16.9. The van der Waals surface area contributed by atoms with Crippen LogP contribution in [0.15, 0.2) is 24.3 Å². The average molecular weight is 466 g/mol. The molecule has 0 fully saturated rings. The van der Waals surface area contributed by atoms with Crippen LogP contribution in [0, 0.1) is 0 Å². The minimum Gasteiger partial charge on any atom is -1.00 e. The third-order valence-electron chi connectivity index (χ3n) is 0.824. The fourth-order valence-corrected chi connectivity index (χ4v) is 0.711. The maximum absolute atomic E-state index is 5.58. The van der Waals surface area contributed by atoms with Gasteiger partial charge in [-0.25, -0.2) is 0 Å². The van der Waals surface area contributed by atoms with E-state index in [4.69, 9.17) is 23.2 Å². The second kappa shape index (κ2) is 9.97. The Morgan fingerprint density at radius 3 is 1.27 bits per heavy atom. The van der Waals surface area contributed by atoms with Crippen molar-refractivity contribution < 1.29 is 67.4 Å². The van der Waals surface area contributed by atoms with E-state index in [1.54, 1.807) is 12.1 Å². The summed E-state index contributed by atoms with van der Waals surface area (Å²) in [6.45, 7) is 0. The largest absolute Gasteiger partial charge is 2.00 e. The molecule has 0 spiro atoms. The first-order valence-corrected chi connectivity index (χ1v) is 2.96. The zero-order valence-electron chi connectivity index (χ0n) is 5.53. The monoisotopic (exact) mass is 464 g/mol. The molecule has 0 radical (unpaired) electrons. The third kappa shape index (κ3) is 6.99. The van der Waals surface area contributed by atoms with Crippen LogP contribution in [0.2, 0.25) is 10.0 Å². The molecule has 0 aromatic heterocycles. The molecule has 0 heterocycles. The van der Waals surface area contributed by atoms with Crippen molar-refractivity contribution in [1.29, 1.82) is 0 Å². The van der Waals surface area contributed by atoms with Gasteiger partial charge in [-0.1, -0.05) is 35.3 Å². The molecule has 0 bridgehead atoms. The standard InChI is InChI=1S/C6H4Cl2.2HI.Zn/c7-5-3-1-2-4-6(5)8;;;/h1-4H;2*1H;/q;;;+2/p-2. The van der Waals surface area contributed by atoms with E-state index in [0.717, 1.165) is 0 Å². The minimum absolute atomic E-state index is 0. The number of hydrogen-bond acceptors (Lipinski definition) is 0. The van der Waals surface area contributed by atoms with Crippen molar-refractivity contribution in [3.8, 4) is 0 Å². The summed E-state index contributed by atoms with van der Waals surface area (Å²) in [6.07, 6.45) is 0. The molecular formula is C6H4Cl2I2Zn. The molecule has 0 saturated carbocycles. The van der Waals surface area contributed by atoms with E-state index >= 15 is 0 Å². The quantitative estimate of drug-likeness (QED) is 0.283. The predicted octanol–water partition coefficient (Wildman–Crippen LogP) is -3.00. The Morgan fingerprint density at radius 2 is 1.09 bits per heavy atom. The molecule has 0 aliphatic rings. The summed E-state index contributed by atoms with van der Waals surface area (Å²) in [6, 6.07) is 7.19. The molecule has 0 saturated heterocycles. The Hall–Kier alpha value is 1.88. The van der Waals surface area contributed by atoms with Gasteiger partial charge in [-0.2, -0.15) is 0 Å². The van der Waals surface area contributed by atoms with E-state index in [0.29, 0.717) is 10.0 Å². The van der Waals surface area contributed by atoms with Crippen LogP contribution < -0.4 is 48.0 Å². The van der Waals surface area contributed by atoms with Crippen LogP contribution in [0.25, 0.3) is 0 Å². The van der Waals surface area contributed by atoms with Crippen LogP contribution >= 0.6 is 23.2 Å². The van der Waals surface area contributed by atoms with Gasteiger partial charge in [0.2, 0.25) is 0 Å². The van der Waals surface area contributed by atoms with E-state index < -0.39 is 0 Å². The second-order valence-electron chi connectivity index (χ2n) is 1.41. The molecule has 1 aromatic rings. The summed E-state index contributed by atoms with van der Waals surface area (Å²) in [5, 5.41) is 1.21. The average Bonchev–Trinajstić information content (AvgIpc) is 1.77. The smallest absolute Gasteiger partial charge is 1.00 e. The predicted molar refractivity (Wildman–Crippen MR) is 36.5 cm³/mol. The first-order chi connectivity index (χ1) is 3.80. The molecular weight excluding hydrogens is 462 g/mol. The number of halogens is 4. The van der Waals surface area contributed by atoms with Gasteiger partial charge in [-0.05, 0) is 12.1 Å². The van der Waals surface area contributed by atoms with Crippen LogP contribution in [0.4, 0.5) is 0 Å². The van der Waals surface area contributed by atoms with Crippen molar-refractivity contribution in [1.82, 2.24) is 0 Å². The van der Waals surface area contributed by atoms with E-state index in [-0.39, 0.29) is 67.4 Å². The normalized spacial score (nSPS) is 6.73. The Bertz CT molecular complexity index is 175. The van der Waals surface area contributed by atoms with E-state index in [1.807, 2.05) is 12.1 Å². The molecule has 0 amide bonds. The summed E-state index contributed by atoms with van der Waals surface area (Å²) in [7, 11) is 0. The van der Waals surface area contributed by atoms with Crippen LogP contribution in [-0.2, 0) is 19.5 Å². The molecule has 11 heavy (non-hydrogen) atoms. The maximum atomic E-state index is 5.58. The minimum atomic E-state index is 0. The van der Waals surface area contributed by atoms with Crippen molar-refractivity contribution in [2.75, 3.05) is 0 Å². The van der Waals surface area contributed by atoms with Crippen LogP contribution in [-0.4, -0.2) is 0 Å². The first kappa shape index (κ1) is 18.6.